The number of aromatic nitrogens is 2. The van der Waals surface area contributed by atoms with Gasteiger partial charge in [-0.15, -0.1) is 0 Å². The van der Waals surface area contributed by atoms with Crippen molar-refractivity contribution in [2.24, 2.45) is 5.92 Å². The molecule has 0 fully saturated rings. The van der Waals surface area contributed by atoms with Crippen molar-refractivity contribution in [2.75, 3.05) is 18.1 Å². The summed E-state index contributed by atoms with van der Waals surface area (Å²) in [5, 5.41) is 0. The highest BCUT2D eigenvalue weighted by molar-refractivity contribution is 5.75. The second-order valence-corrected chi connectivity index (χ2v) is 5.63. The number of hydrogen-bond donors (Lipinski definition) is 0. The summed E-state index contributed by atoms with van der Waals surface area (Å²) in [5.74, 6) is 0.295. The quantitative estimate of drug-likeness (QED) is 0.716. The summed E-state index contributed by atoms with van der Waals surface area (Å²) in [5.41, 5.74) is -0.177. The van der Waals surface area contributed by atoms with Crippen molar-refractivity contribution in [3.8, 4) is 0 Å². The molecule has 0 aromatic carbocycles. The molecule has 1 aromatic rings. The van der Waals surface area contributed by atoms with Crippen LogP contribution in [0.5, 0.6) is 0 Å². The molecule has 0 atom stereocenters. The van der Waals surface area contributed by atoms with Crippen LogP contribution in [0.25, 0.3) is 0 Å². The predicted octanol–water partition coefficient (Wildman–Crippen LogP) is 1.68. The van der Waals surface area contributed by atoms with E-state index in [0.717, 1.165) is 0 Å². The van der Waals surface area contributed by atoms with Gasteiger partial charge in [0.1, 0.15) is 6.54 Å². The zero-order valence-corrected chi connectivity index (χ0v) is 13.5. The summed E-state index contributed by atoms with van der Waals surface area (Å²) in [6, 6.07) is -0.0236. The van der Waals surface area contributed by atoms with E-state index in [-0.39, 0.29) is 24.1 Å². The van der Waals surface area contributed by atoms with E-state index in [2.05, 4.69) is 4.98 Å². The van der Waals surface area contributed by atoms with Gasteiger partial charge in [-0.2, -0.15) is 0 Å². The number of ether oxygens (including phenoxy) is 1. The Labute approximate surface area is 125 Å². The Kier molecular flexibility index (Phi) is 6.39. The van der Waals surface area contributed by atoms with Crippen LogP contribution in [0, 0.1) is 5.92 Å². The second-order valence-electron chi connectivity index (χ2n) is 5.63. The van der Waals surface area contributed by atoms with Crippen LogP contribution in [0.15, 0.2) is 17.2 Å². The van der Waals surface area contributed by atoms with Gasteiger partial charge in [0.2, 0.25) is 0 Å². The Hall–Kier alpha value is -1.85. The predicted molar refractivity (Wildman–Crippen MR) is 82.5 cm³/mol. The van der Waals surface area contributed by atoms with Crippen molar-refractivity contribution in [1.82, 2.24) is 9.55 Å². The number of carbonyl (C=O) groups excluding carboxylic acids is 1. The summed E-state index contributed by atoms with van der Waals surface area (Å²) in [6.07, 6.45) is 3.27. The molecule has 21 heavy (non-hydrogen) atoms. The molecule has 0 aliphatic rings. The summed E-state index contributed by atoms with van der Waals surface area (Å²) in [7, 11) is 0. The Balaban J connectivity index is 3.09. The third-order valence-electron chi connectivity index (χ3n) is 2.96. The SMILES string of the molecule is CCOC(=O)CN(c1nccn(CC(C)C)c1=O)C(C)C. The van der Waals surface area contributed by atoms with Crippen molar-refractivity contribution in [3.63, 3.8) is 0 Å². The van der Waals surface area contributed by atoms with Gasteiger partial charge in [-0.25, -0.2) is 4.98 Å². The zero-order chi connectivity index (χ0) is 16.0. The maximum absolute atomic E-state index is 12.5. The van der Waals surface area contributed by atoms with E-state index in [0.29, 0.717) is 24.9 Å². The molecule has 0 aliphatic heterocycles. The van der Waals surface area contributed by atoms with Gasteiger partial charge < -0.3 is 14.2 Å². The first-order chi connectivity index (χ1) is 9.86. The standard InChI is InChI=1S/C15H25N3O3/c1-6-21-13(19)10-18(12(4)5)14-15(20)17(8-7-16-14)9-11(2)3/h7-8,11-12H,6,9-10H2,1-5H3. The fourth-order valence-electron chi connectivity index (χ4n) is 2.02. The largest absolute Gasteiger partial charge is 0.465 e. The summed E-state index contributed by atoms with van der Waals surface area (Å²) < 4.78 is 6.59. The Morgan fingerprint density at radius 3 is 2.57 bits per heavy atom. The van der Waals surface area contributed by atoms with Crippen LogP contribution in [0.2, 0.25) is 0 Å². The molecule has 0 radical (unpaired) electrons. The lowest BCUT2D eigenvalue weighted by molar-refractivity contribution is -0.141. The van der Waals surface area contributed by atoms with E-state index in [1.807, 2.05) is 27.7 Å². The van der Waals surface area contributed by atoms with E-state index in [1.54, 1.807) is 28.8 Å². The molecule has 0 saturated carbocycles. The molecule has 0 spiro atoms. The van der Waals surface area contributed by atoms with Gasteiger partial charge in [-0.3, -0.25) is 9.59 Å². The summed E-state index contributed by atoms with van der Waals surface area (Å²) >= 11 is 0. The van der Waals surface area contributed by atoms with Gasteiger partial charge in [0, 0.05) is 25.0 Å². The lowest BCUT2D eigenvalue weighted by Crippen LogP contribution is -2.41. The number of rotatable bonds is 7. The number of hydrogen-bond acceptors (Lipinski definition) is 5. The lowest BCUT2D eigenvalue weighted by atomic mass is 10.2. The topological polar surface area (TPSA) is 64.4 Å². The Morgan fingerprint density at radius 1 is 1.38 bits per heavy atom. The number of esters is 1. The normalized spacial score (nSPS) is 11.0. The van der Waals surface area contributed by atoms with E-state index in [4.69, 9.17) is 4.74 Å². The minimum absolute atomic E-state index is 0.0236. The molecule has 0 N–H and O–H groups in total. The molecule has 118 valence electrons. The van der Waals surface area contributed by atoms with Gasteiger partial charge in [-0.05, 0) is 26.7 Å². The highest BCUT2D eigenvalue weighted by atomic mass is 16.5. The maximum Gasteiger partial charge on any atom is 0.325 e. The minimum atomic E-state index is -0.355. The second kappa shape index (κ2) is 7.81. The van der Waals surface area contributed by atoms with E-state index in [9.17, 15) is 9.59 Å². The van der Waals surface area contributed by atoms with Gasteiger partial charge in [0.05, 0.1) is 6.61 Å². The van der Waals surface area contributed by atoms with Crippen LogP contribution in [-0.2, 0) is 16.1 Å². The van der Waals surface area contributed by atoms with Crippen LogP contribution < -0.4 is 10.5 Å². The first-order valence-electron chi connectivity index (χ1n) is 7.34. The van der Waals surface area contributed by atoms with Crippen LogP contribution in [0.4, 0.5) is 5.82 Å². The molecular formula is C15H25N3O3. The molecule has 0 unspecified atom stereocenters. The molecule has 1 heterocycles. The van der Waals surface area contributed by atoms with Crippen LogP contribution in [0.3, 0.4) is 0 Å². The third-order valence-corrected chi connectivity index (χ3v) is 2.96. The number of anilines is 1. The fourth-order valence-corrected chi connectivity index (χ4v) is 2.02. The Morgan fingerprint density at radius 2 is 2.05 bits per heavy atom. The van der Waals surface area contributed by atoms with E-state index < -0.39 is 0 Å². The average molecular weight is 295 g/mol. The highest BCUT2D eigenvalue weighted by Crippen LogP contribution is 2.09. The molecule has 0 saturated heterocycles. The molecule has 6 heteroatoms. The summed E-state index contributed by atoms with van der Waals surface area (Å²) in [4.78, 5) is 30.0. The lowest BCUT2D eigenvalue weighted by Gasteiger charge is -2.26. The molecule has 0 bridgehead atoms. The van der Waals surface area contributed by atoms with Gasteiger partial charge in [-0.1, -0.05) is 13.8 Å². The van der Waals surface area contributed by atoms with Crippen molar-refractivity contribution >= 4 is 11.8 Å². The number of carbonyl (C=O) groups is 1. The van der Waals surface area contributed by atoms with Crippen molar-refractivity contribution in [2.45, 2.75) is 47.2 Å². The molecule has 0 amide bonds. The first kappa shape index (κ1) is 17.2. The van der Waals surface area contributed by atoms with Crippen molar-refractivity contribution in [3.05, 3.63) is 22.7 Å². The zero-order valence-electron chi connectivity index (χ0n) is 13.5. The fraction of sp³-hybridized carbons (Fsp3) is 0.667. The third kappa shape index (κ3) is 4.88. The molecule has 0 aliphatic carbocycles. The summed E-state index contributed by atoms with van der Waals surface area (Å²) in [6.45, 7) is 10.7. The molecule has 1 aromatic heterocycles. The van der Waals surface area contributed by atoms with E-state index in [1.165, 1.54) is 0 Å². The molecule has 6 nitrogen and oxygen atoms in total. The Bertz CT molecular complexity index is 523. The average Bonchev–Trinajstić information content (AvgIpc) is 2.38. The van der Waals surface area contributed by atoms with Crippen molar-refractivity contribution in [1.29, 1.82) is 0 Å². The highest BCUT2D eigenvalue weighted by Gasteiger charge is 2.20. The smallest absolute Gasteiger partial charge is 0.325 e. The number of nitrogens with zero attached hydrogens (tertiary/aromatic N) is 3. The minimum Gasteiger partial charge on any atom is -0.465 e. The van der Waals surface area contributed by atoms with Crippen molar-refractivity contribution < 1.29 is 9.53 Å². The van der Waals surface area contributed by atoms with Gasteiger partial charge >= 0.3 is 5.97 Å². The van der Waals surface area contributed by atoms with E-state index >= 15 is 0 Å². The molecule has 1 rings (SSSR count). The van der Waals surface area contributed by atoms with Crippen LogP contribution in [0.1, 0.15) is 34.6 Å². The van der Waals surface area contributed by atoms with Crippen LogP contribution in [-0.4, -0.2) is 34.7 Å². The van der Waals surface area contributed by atoms with Crippen LogP contribution >= 0.6 is 0 Å². The molecular weight excluding hydrogens is 270 g/mol. The van der Waals surface area contributed by atoms with Gasteiger partial charge in [0.25, 0.3) is 5.56 Å². The maximum atomic E-state index is 12.5. The van der Waals surface area contributed by atoms with Gasteiger partial charge in [0.15, 0.2) is 5.82 Å². The monoisotopic (exact) mass is 295 g/mol. The first-order valence-corrected chi connectivity index (χ1v) is 7.34.